The number of aliphatic hydroxyl groups excluding tert-OH is 1. The Hall–Kier alpha value is -0.0800. The van der Waals surface area contributed by atoms with Crippen molar-refractivity contribution in [1.29, 1.82) is 0 Å². The fraction of sp³-hybridized carbons (Fsp3) is 1.00. The molecule has 0 unspecified atom stereocenters. The van der Waals surface area contributed by atoms with Gasteiger partial charge in [-0.2, -0.15) is 0 Å². The maximum absolute atomic E-state index is 8.62. The van der Waals surface area contributed by atoms with Crippen molar-refractivity contribution >= 4 is 0 Å². The normalized spacial score (nSPS) is 30.5. The van der Waals surface area contributed by atoms with Gasteiger partial charge in [0.2, 0.25) is 0 Å². The highest BCUT2D eigenvalue weighted by Crippen LogP contribution is 2.27. The van der Waals surface area contributed by atoms with Gasteiger partial charge in [0.15, 0.2) is 0 Å². The molecule has 2 nitrogen and oxygen atoms in total. The fourth-order valence-corrected chi connectivity index (χ4v) is 2.02. The summed E-state index contributed by atoms with van der Waals surface area (Å²) in [5.74, 6) is 0.899. The average Bonchev–Trinajstić information content (AvgIpc) is 2.09. The second-order valence-corrected chi connectivity index (χ2v) is 4.00. The summed E-state index contributed by atoms with van der Waals surface area (Å²) in [5, 5.41) is 8.62. The molecule has 0 bridgehead atoms. The first-order chi connectivity index (χ1) is 5.83. The zero-order chi connectivity index (χ0) is 8.81. The maximum Gasteiger partial charge on any atom is 0.0431 e. The van der Waals surface area contributed by atoms with Crippen molar-refractivity contribution in [2.45, 2.75) is 51.0 Å². The molecule has 1 saturated carbocycles. The lowest BCUT2D eigenvalue weighted by molar-refractivity contribution is 0.262. The summed E-state index contributed by atoms with van der Waals surface area (Å²) in [4.78, 5) is 0. The van der Waals surface area contributed by atoms with Crippen LogP contribution < -0.4 is 5.73 Å². The van der Waals surface area contributed by atoms with Crippen LogP contribution in [0.3, 0.4) is 0 Å². The monoisotopic (exact) mass is 171 g/mol. The van der Waals surface area contributed by atoms with Crippen LogP contribution in [-0.4, -0.2) is 17.8 Å². The Morgan fingerprint density at radius 3 is 2.33 bits per heavy atom. The molecule has 0 atom stereocenters. The van der Waals surface area contributed by atoms with Crippen molar-refractivity contribution in [2.75, 3.05) is 6.61 Å². The van der Waals surface area contributed by atoms with Crippen molar-refractivity contribution in [3.05, 3.63) is 0 Å². The highest BCUT2D eigenvalue weighted by molar-refractivity contribution is 4.73. The first-order valence-electron chi connectivity index (χ1n) is 5.19. The highest BCUT2D eigenvalue weighted by Gasteiger charge is 2.17. The first kappa shape index (κ1) is 10.0. The maximum atomic E-state index is 8.62. The Kier molecular flexibility index (Phi) is 4.62. The minimum Gasteiger partial charge on any atom is -0.396 e. The third-order valence-corrected chi connectivity index (χ3v) is 2.91. The number of unbranched alkanes of at least 4 members (excludes halogenated alkanes) is 1. The lowest BCUT2D eigenvalue weighted by Gasteiger charge is -2.25. The standard InChI is InChI=1S/C10H21NO/c11-10-6-4-9(5-7-10)3-1-2-8-12/h9-10,12H,1-8,11H2/t9-,10-. The van der Waals surface area contributed by atoms with E-state index < -0.39 is 0 Å². The summed E-state index contributed by atoms with van der Waals surface area (Å²) < 4.78 is 0. The molecule has 0 radical (unpaired) electrons. The van der Waals surface area contributed by atoms with Crippen molar-refractivity contribution in [3.8, 4) is 0 Å². The van der Waals surface area contributed by atoms with Gasteiger partial charge in [-0.25, -0.2) is 0 Å². The third-order valence-electron chi connectivity index (χ3n) is 2.91. The van der Waals surface area contributed by atoms with Gasteiger partial charge in [0.05, 0.1) is 0 Å². The predicted molar refractivity (Wildman–Crippen MR) is 50.9 cm³/mol. The second kappa shape index (κ2) is 5.55. The quantitative estimate of drug-likeness (QED) is 0.632. The van der Waals surface area contributed by atoms with Crippen molar-refractivity contribution < 1.29 is 5.11 Å². The molecule has 0 aromatic carbocycles. The van der Waals surface area contributed by atoms with Crippen LogP contribution in [0.25, 0.3) is 0 Å². The fourth-order valence-electron chi connectivity index (χ4n) is 2.02. The van der Waals surface area contributed by atoms with Gasteiger partial charge in [-0.05, 0) is 38.0 Å². The molecular formula is C10H21NO. The molecule has 1 fully saturated rings. The van der Waals surface area contributed by atoms with Crippen molar-refractivity contribution in [2.24, 2.45) is 11.7 Å². The predicted octanol–water partition coefficient (Wildman–Crippen LogP) is 1.67. The van der Waals surface area contributed by atoms with Gasteiger partial charge < -0.3 is 10.8 Å². The Labute approximate surface area is 75.2 Å². The summed E-state index contributed by atoms with van der Waals surface area (Å²) in [6.07, 6.45) is 8.51. The molecule has 1 aliphatic rings. The summed E-state index contributed by atoms with van der Waals surface area (Å²) in [6.45, 7) is 0.353. The van der Waals surface area contributed by atoms with Gasteiger partial charge in [-0.15, -0.1) is 0 Å². The lowest BCUT2D eigenvalue weighted by atomic mass is 9.83. The van der Waals surface area contributed by atoms with Crippen LogP contribution in [0.1, 0.15) is 44.9 Å². The topological polar surface area (TPSA) is 46.2 Å². The molecule has 0 saturated heterocycles. The molecule has 0 heterocycles. The van der Waals surface area contributed by atoms with Gasteiger partial charge in [-0.1, -0.05) is 12.8 Å². The number of hydrogen-bond donors (Lipinski definition) is 2. The van der Waals surface area contributed by atoms with Crippen LogP contribution in [0.2, 0.25) is 0 Å². The van der Waals surface area contributed by atoms with Crippen LogP contribution in [0, 0.1) is 5.92 Å². The van der Waals surface area contributed by atoms with Crippen molar-refractivity contribution in [1.82, 2.24) is 0 Å². The van der Waals surface area contributed by atoms with Crippen LogP contribution in [-0.2, 0) is 0 Å². The van der Waals surface area contributed by atoms with Gasteiger partial charge in [0.1, 0.15) is 0 Å². The number of nitrogens with two attached hydrogens (primary N) is 1. The summed E-state index contributed by atoms with van der Waals surface area (Å²) in [5.41, 5.74) is 5.81. The molecule has 0 aromatic heterocycles. The van der Waals surface area contributed by atoms with E-state index in [4.69, 9.17) is 10.8 Å². The lowest BCUT2D eigenvalue weighted by Crippen LogP contribution is -2.26. The Morgan fingerprint density at radius 1 is 1.08 bits per heavy atom. The molecular weight excluding hydrogens is 150 g/mol. The molecule has 1 aliphatic carbocycles. The smallest absolute Gasteiger partial charge is 0.0431 e. The van der Waals surface area contributed by atoms with E-state index in [1.165, 1.54) is 38.5 Å². The van der Waals surface area contributed by atoms with Gasteiger partial charge >= 0.3 is 0 Å². The van der Waals surface area contributed by atoms with Crippen molar-refractivity contribution in [3.63, 3.8) is 0 Å². The van der Waals surface area contributed by atoms with E-state index in [-0.39, 0.29) is 0 Å². The van der Waals surface area contributed by atoms with E-state index in [2.05, 4.69) is 0 Å². The Morgan fingerprint density at radius 2 is 1.75 bits per heavy atom. The average molecular weight is 171 g/mol. The second-order valence-electron chi connectivity index (χ2n) is 4.00. The molecule has 2 heteroatoms. The molecule has 0 aromatic rings. The van der Waals surface area contributed by atoms with E-state index in [1.807, 2.05) is 0 Å². The molecule has 72 valence electrons. The van der Waals surface area contributed by atoms with Gasteiger partial charge in [0, 0.05) is 12.6 Å². The van der Waals surface area contributed by atoms with Crippen LogP contribution >= 0.6 is 0 Å². The highest BCUT2D eigenvalue weighted by atomic mass is 16.2. The molecule has 0 aliphatic heterocycles. The summed E-state index contributed by atoms with van der Waals surface area (Å²) >= 11 is 0. The zero-order valence-electron chi connectivity index (χ0n) is 7.84. The minimum atomic E-state index is 0.353. The molecule has 0 amide bonds. The van der Waals surface area contributed by atoms with E-state index in [0.29, 0.717) is 12.6 Å². The minimum absolute atomic E-state index is 0.353. The number of rotatable bonds is 4. The van der Waals surface area contributed by atoms with Gasteiger partial charge in [0.25, 0.3) is 0 Å². The van der Waals surface area contributed by atoms with Gasteiger partial charge in [-0.3, -0.25) is 0 Å². The Bertz CT molecular complexity index is 108. The van der Waals surface area contributed by atoms with E-state index in [1.54, 1.807) is 0 Å². The Balaban J connectivity index is 2.01. The van der Waals surface area contributed by atoms with Crippen LogP contribution in [0.4, 0.5) is 0 Å². The van der Waals surface area contributed by atoms with E-state index in [9.17, 15) is 0 Å². The molecule has 1 rings (SSSR count). The molecule has 3 N–H and O–H groups in total. The molecule has 0 spiro atoms. The van der Waals surface area contributed by atoms with E-state index >= 15 is 0 Å². The zero-order valence-corrected chi connectivity index (χ0v) is 7.84. The third kappa shape index (κ3) is 3.55. The SMILES string of the molecule is N[C@H]1CC[C@H](CCCCO)CC1. The number of aliphatic hydroxyl groups is 1. The largest absolute Gasteiger partial charge is 0.396 e. The summed E-state index contributed by atoms with van der Waals surface area (Å²) in [6, 6.07) is 0.471. The number of hydrogen-bond acceptors (Lipinski definition) is 2. The van der Waals surface area contributed by atoms with E-state index in [0.717, 1.165) is 12.3 Å². The first-order valence-corrected chi connectivity index (χ1v) is 5.19. The molecule has 12 heavy (non-hydrogen) atoms. The summed E-state index contributed by atoms with van der Waals surface area (Å²) in [7, 11) is 0. The van der Waals surface area contributed by atoms with Crippen LogP contribution in [0.5, 0.6) is 0 Å². The van der Waals surface area contributed by atoms with Crippen LogP contribution in [0.15, 0.2) is 0 Å².